The summed E-state index contributed by atoms with van der Waals surface area (Å²) in [4.78, 5) is 0. The molecular formula is C12H30S. The summed E-state index contributed by atoms with van der Waals surface area (Å²) in [6.45, 7) is 17.0. The third kappa shape index (κ3) is 1.65. The molecule has 0 aromatic carbocycles. The summed E-state index contributed by atoms with van der Waals surface area (Å²) in [7, 11) is -1.48. The quantitative estimate of drug-likeness (QED) is 0.662. The van der Waals surface area contributed by atoms with Crippen molar-refractivity contribution in [1.82, 2.24) is 0 Å². The molecule has 0 radical (unpaired) electrons. The Bertz CT molecular complexity index is 143. The Hall–Kier alpha value is 0.350. The van der Waals surface area contributed by atoms with E-state index in [-0.39, 0.29) is 0 Å². The van der Waals surface area contributed by atoms with Crippen molar-refractivity contribution in [3.63, 3.8) is 0 Å². The predicted molar refractivity (Wildman–Crippen MR) is 70.9 cm³/mol. The first kappa shape index (κ1) is 13.4. The fourth-order valence-electron chi connectivity index (χ4n) is 2.88. The lowest BCUT2D eigenvalue weighted by atomic mass is 10.5. The Labute approximate surface area is 85.8 Å². The van der Waals surface area contributed by atoms with E-state index in [0.717, 1.165) is 15.7 Å². The maximum absolute atomic E-state index is 2.62. The predicted octanol–water partition coefficient (Wildman–Crippen LogP) is 3.93. The molecule has 1 heteroatoms. The molecule has 0 heterocycles. The molecule has 0 atom stereocenters. The zero-order valence-electron chi connectivity index (χ0n) is 10.9. The van der Waals surface area contributed by atoms with Gasteiger partial charge in [-0.3, -0.25) is 9.16 Å². The zero-order valence-corrected chi connectivity index (χ0v) is 11.8. The van der Waals surface area contributed by atoms with Gasteiger partial charge < -0.3 is 0 Å². The van der Waals surface area contributed by atoms with Crippen LogP contribution in [0.15, 0.2) is 0 Å². The van der Waals surface area contributed by atoms with Gasteiger partial charge in [0.2, 0.25) is 0 Å². The molecule has 0 aliphatic heterocycles. The first-order valence-corrected chi connectivity index (χ1v) is 8.79. The van der Waals surface area contributed by atoms with Gasteiger partial charge >= 0.3 is 0 Å². The molecule has 0 amide bonds. The highest BCUT2D eigenvalue weighted by atomic mass is 32.3. The van der Waals surface area contributed by atoms with Crippen molar-refractivity contribution in [2.24, 2.45) is 0 Å². The molecule has 0 aliphatic carbocycles. The Balaban J connectivity index is 5.33. The average Bonchev–Trinajstić information content (AvgIpc) is 2.01. The molecule has 0 saturated carbocycles. The lowest BCUT2D eigenvalue weighted by molar-refractivity contribution is 0.912. The summed E-state index contributed by atoms with van der Waals surface area (Å²) in [6, 6.07) is 0. The number of hydrogen-bond donors (Lipinski definition) is 1. The van der Waals surface area contributed by atoms with Crippen LogP contribution < -0.4 is 0 Å². The van der Waals surface area contributed by atoms with Crippen LogP contribution in [0, 0.1) is 0 Å². The van der Waals surface area contributed by atoms with Gasteiger partial charge in [0.15, 0.2) is 0 Å². The summed E-state index contributed by atoms with van der Waals surface area (Å²) < 4.78 is 0. The molecule has 0 unspecified atom stereocenters. The molecule has 0 spiro atoms. The van der Waals surface area contributed by atoms with Gasteiger partial charge in [-0.1, -0.05) is 48.5 Å². The molecule has 0 aromatic rings. The van der Waals surface area contributed by atoms with Crippen LogP contribution >= 0.6 is 9.16 Å². The van der Waals surface area contributed by atoms with Gasteiger partial charge in [-0.25, -0.2) is 0 Å². The van der Waals surface area contributed by atoms with E-state index < -0.39 is 9.16 Å². The standard InChI is InChI=1S/C12H30S/c1-9-13(8,10(2)3,11(4)5)12(6)7/h10-13H,9H2,1-8H3. The molecular weight excluding hydrogens is 176 g/mol. The largest absolute Gasteiger partial charge is 0.280 e. The lowest BCUT2D eigenvalue weighted by Crippen LogP contribution is -2.42. The summed E-state index contributed by atoms with van der Waals surface area (Å²) in [5.74, 6) is 1.40. The molecule has 0 fully saturated rings. The maximum Gasteiger partial charge on any atom is -0.0295 e. The van der Waals surface area contributed by atoms with Crippen molar-refractivity contribution in [3.05, 3.63) is 0 Å². The molecule has 0 aliphatic rings. The van der Waals surface area contributed by atoms with E-state index in [1.807, 2.05) is 0 Å². The second-order valence-electron chi connectivity index (χ2n) is 5.68. The van der Waals surface area contributed by atoms with E-state index in [2.05, 4.69) is 54.7 Å². The van der Waals surface area contributed by atoms with Crippen molar-refractivity contribution in [2.45, 2.75) is 64.2 Å². The Kier molecular flexibility index (Phi) is 3.95. The van der Waals surface area contributed by atoms with E-state index >= 15 is 0 Å². The Morgan fingerprint density at radius 1 is 0.769 bits per heavy atom. The Morgan fingerprint density at radius 2 is 1.00 bits per heavy atom. The van der Waals surface area contributed by atoms with Crippen LogP contribution in [0.4, 0.5) is 0 Å². The summed E-state index contributed by atoms with van der Waals surface area (Å²) >= 11 is 0. The van der Waals surface area contributed by atoms with E-state index in [4.69, 9.17) is 0 Å². The van der Waals surface area contributed by atoms with Crippen molar-refractivity contribution in [2.75, 3.05) is 12.0 Å². The molecule has 13 heavy (non-hydrogen) atoms. The van der Waals surface area contributed by atoms with Gasteiger partial charge in [-0.15, -0.1) is 0 Å². The summed E-state index contributed by atoms with van der Waals surface area (Å²) in [6.07, 6.45) is 2.62. The van der Waals surface area contributed by atoms with Crippen LogP contribution in [0.2, 0.25) is 0 Å². The highest BCUT2D eigenvalue weighted by molar-refractivity contribution is 8.50. The number of rotatable bonds is 4. The maximum atomic E-state index is 2.62. The average molecular weight is 206 g/mol. The first-order valence-electron chi connectivity index (χ1n) is 5.71. The molecule has 0 aromatic heterocycles. The third-order valence-electron chi connectivity index (χ3n) is 5.30. The highest BCUT2D eigenvalue weighted by Gasteiger charge is 2.43. The van der Waals surface area contributed by atoms with E-state index in [0.29, 0.717) is 0 Å². The van der Waals surface area contributed by atoms with Crippen molar-refractivity contribution in [1.29, 1.82) is 0 Å². The normalized spacial score (nSPS) is 16.7. The van der Waals surface area contributed by atoms with Gasteiger partial charge in [0.05, 0.1) is 0 Å². The van der Waals surface area contributed by atoms with Crippen LogP contribution in [0.5, 0.6) is 0 Å². The molecule has 0 nitrogen and oxygen atoms in total. The minimum Gasteiger partial charge on any atom is -0.280 e. The van der Waals surface area contributed by atoms with Crippen LogP contribution in [0.25, 0.3) is 0 Å². The molecule has 0 N–H and O–H groups in total. The zero-order chi connectivity index (χ0) is 10.9. The van der Waals surface area contributed by atoms with E-state index in [1.54, 1.807) is 0 Å². The lowest BCUT2D eigenvalue weighted by Gasteiger charge is -2.68. The second-order valence-corrected chi connectivity index (χ2v) is 13.6. The van der Waals surface area contributed by atoms with Crippen molar-refractivity contribution >= 4 is 9.16 Å². The minimum atomic E-state index is -1.48. The summed E-state index contributed by atoms with van der Waals surface area (Å²) in [5.41, 5.74) is 0. The molecule has 0 saturated heterocycles. The fraction of sp³-hybridized carbons (Fsp3) is 1.00. The van der Waals surface area contributed by atoms with Gasteiger partial charge in [0.1, 0.15) is 0 Å². The Morgan fingerprint density at radius 3 is 1.00 bits per heavy atom. The van der Waals surface area contributed by atoms with Crippen molar-refractivity contribution in [3.8, 4) is 0 Å². The highest BCUT2D eigenvalue weighted by Crippen LogP contribution is 2.75. The topological polar surface area (TPSA) is 0 Å². The van der Waals surface area contributed by atoms with Crippen LogP contribution in [0.1, 0.15) is 48.5 Å². The number of thiol groups is 1. The number of hydrogen-bond acceptors (Lipinski definition) is 0. The van der Waals surface area contributed by atoms with Gasteiger partial charge in [-0.05, 0) is 27.8 Å². The molecule has 0 bridgehead atoms. The van der Waals surface area contributed by atoms with E-state index in [9.17, 15) is 0 Å². The van der Waals surface area contributed by atoms with Crippen LogP contribution in [0.3, 0.4) is 0 Å². The summed E-state index contributed by atoms with van der Waals surface area (Å²) in [5, 5.41) is 2.61. The van der Waals surface area contributed by atoms with Gasteiger partial charge in [0.25, 0.3) is 0 Å². The van der Waals surface area contributed by atoms with Gasteiger partial charge in [-0.2, -0.15) is 0 Å². The monoisotopic (exact) mass is 206 g/mol. The third-order valence-corrected chi connectivity index (χ3v) is 15.9. The minimum absolute atomic E-state index is 0.871. The first-order chi connectivity index (χ1) is 5.71. The van der Waals surface area contributed by atoms with Crippen LogP contribution in [-0.4, -0.2) is 27.8 Å². The van der Waals surface area contributed by atoms with Gasteiger partial charge in [0, 0.05) is 0 Å². The fourth-order valence-corrected chi connectivity index (χ4v) is 8.65. The van der Waals surface area contributed by atoms with Crippen LogP contribution in [-0.2, 0) is 0 Å². The molecule has 0 rings (SSSR count). The second kappa shape index (κ2) is 3.84. The molecule has 84 valence electrons. The SMILES string of the molecule is CC[SH](C)(C(C)C)(C(C)C)C(C)C. The smallest absolute Gasteiger partial charge is 0.0295 e. The van der Waals surface area contributed by atoms with E-state index in [1.165, 1.54) is 5.75 Å². The van der Waals surface area contributed by atoms with Crippen molar-refractivity contribution < 1.29 is 0 Å².